The first-order valence-corrected chi connectivity index (χ1v) is 4.88. The fourth-order valence-corrected chi connectivity index (χ4v) is 2.35. The Kier molecular flexibility index (Phi) is 2.20. The number of ether oxygens (including phenoxy) is 1. The van der Waals surface area contributed by atoms with Gasteiger partial charge in [0.15, 0.2) is 0 Å². The van der Waals surface area contributed by atoms with E-state index in [0.717, 1.165) is 5.69 Å². The lowest BCUT2D eigenvalue weighted by atomic mass is 10.2. The number of nitrogen functional groups attached to an aromatic ring is 1. The predicted molar refractivity (Wildman–Crippen MR) is 57.0 cm³/mol. The molecule has 2 rings (SSSR count). The molecule has 0 spiro atoms. The maximum atomic E-state index is 5.68. The van der Waals surface area contributed by atoms with Crippen molar-refractivity contribution in [3.63, 3.8) is 0 Å². The largest absolute Gasteiger partial charge is 0.399 e. The number of anilines is 1. The van der Waals surface area contributed by atoms with E-state index in [1.54, 1.807) is 18.4 Å². The first-order valence-electron chi connectivity index (χ1n) is 4.06. The van der Waals surface area contributed by atoms with E-state index in [2.05, 4.69) is 12.1 Å². The molecule has 1 aromatic heterocycles. The Morgan fingerprint density at radius 2 is 2.23 bits per heavy atom. The Morgan fingerprint density at radius 1 is 1.38 bits per heavy atom. The Labute approximate surface area is 80.9 Å². The van der Waals surface area contributed by atoms with Crippen molar-refractivity contribution in [2.45, 2.75) is 6.61 Å². The minimum Gasteiger partial charge on any atom is -0.399 e. The molecule has 1 aromatic carbocycles. The molecule has 13 heavy (non-hydrogen) atoms. The first kappa shape index (κ1) is 8.53. The lowest BCUT2D eigenvalue weighted by molar-refractivity contribution is 0.187. The monoisotopic (exact) mass is 193 g/mol. The van der Waals surface area contributed by atoms with Crippen molar-refractivity contribution < 1.29 is 4.74 Å². The van der Waals surface area contributed by atoms with Crippen LogP contribution in [-0.2, 0) is 11.3 Å². The van der Waals surface area contributed by atoms with Crippen molar-refractivity contribution in [1.82, 2.24) is 0 Å². The van der Waals surface area contributed by atoms with Crippen molar-refractivity contribution in [2.75, 3.05) is 12.8 Å². The zero-order valence-corrected chi connectivity index (χ0v) is 8.23. The molecule has 1 heterocycles. The van der Waals surface area contributed by atoms with Gasteiger partial charge in [0.2, 0.25) is 0 Å². The molecule has 0 aliphatic heterocycles. The molecule has 0 amide bonds. The van der Waals surface area contributed by atoms with Gasteiger partial charge in [-0.1, -0.05) is 0 Å². The third-order valence-electron chi connectivity index (χ3n) is 1.88. The number of hydrogen-bond donors (Lipinski definition) is 1. The second-order valence-corrected chi connectivity index (χ2v) is 4.11. The molecule has 0 fully saturated rings. The molecule has 0 aliphatic carbocycles. The predicted octanol–water partition coefficient (Wildman–Crippen LogP) is 2.63. The molecule has 0 bridgehead atoms. The van der Waals surface area contributed by atoms with Gasteiger partial charge >= 0.3 is 0 Å². The van der Waals surface area contributed by atoms with Crippen LogP contribution in [0.25, 0.3) is 10.1 Å². The summed E-state index contributed by atoms with van der Waals surface area (Å²) in [4.78, 5) is 1.24. The summed E-state index contributed by atoms with van der Waals surface area (Å²) in [6.07, 6.45) is 0. The van der Waals surface area contributed by atoms with E-state index >= 15 is 0 Å². The lowest BCUT2D eigenvalue weighted by Crippen LogP contribution is -1.81. The number of benzene rings is 1. The van der Waals surface area contributed by atoms with Gasteiger partial charge in [0, 0.05) is 22.4 Å². The van der Waals surface area contributed by atoms with E-state index in [9.17, 15) is 0 Å². The molecule has 3 heteroatoms. The van der Waals surface area contributed by atoms with Crippen LogP contribution in [-0.4, -0.2) is 7.11 Å². The van der Waals surface area contributed by atoms with E-state index in [1.165, 1.54) is 15.0 Å². The van der Waals surface area contributed by atoms with Gasteiger partial charge in [-0.15, -0.1) is 11.3 Å². The summed E-state index contributed by atoms with van der Waals surface area (Å²) in [5.41, 5.74) is 6.49. The lowest BCUT2D eigenvalue weighted by Gasteiger charge is -1.90. The summed E-state index contributed by atoms with van der Waals surface area (Å²) in [5.74, 6) is 0. The van der Waals surface area contributed by atoms with E-state index in [-0.39, 0.29) is 0 Å². The molecule has 0 aliphatic rings. The Hall–Kier alpha value is -1.06. The Bertz CT molecular complexity index is 422. The van der Waals surface area contributed by atoms with Gasteiger partial charge in [0.25, 0.3) is 0 Å². The van der Waals surface area contributed by atoms with E-state index in [4.69, 9.17) is 10.5 Å². The van der Waals surface area contributed by atoms with Gasteiger partial charge < -0.3 is 10.5 Å². The van der Waals surface area contributed by atoms with Crippen molar-refractivity contribution in [3.8, 4) is 0 Å². The van der Waals surface area contributed by atoms with E-state index in [0.29, 0.717) is 6.61 Å². The van der Waals surface area contributed by atoms with Crippen molar-refractivity contribution in [3.05, 3.63) is 29.1 Å². The van der Waals surface area contributed by atoms with Gasteiger partial charge in [-0.2, -0.15) is 0 Å². The fourth-order valence-electron chi connectivity index (χ4n) is 1.33. The van der Waals surface area contributed by atoms with Crippen LogP contribution in [0, 0.1) is 0 Å². The first-order chi connectivity index (χ1) is 6.29. The number of rotatable bonds is 2. The van der Waals surface area contributed by atoms with Gasteiger partial charge in [0.05, 0.1) is 6.61 Å². The topological polar surface area (TPSA) is 35.2 Å². The molecule has 0 unspecified atom stereocenters. The molecule has 2 N–H and O–H groups in total. The number of methoxy groups -OCH3 is 1. The number of nitrogens with two attached hydrogens (primary N) is 1. The van der Waals surface area contributed by atoms with Crippen LogP contribution in [0.2, 0.25) is 0 Å². The highest BCUT2D eigenvalue weighted by atomic mass is 32.1. The van der Waals surface area contributed by atoms with Crippen LogP contribution >= 0.6 is 11.3 Å². The summed E-state index contributed by atoms with van der Waals surface area (Å²) in [6, 6.07) is 8.09. The maximum Gasteiger partial charge on any atom is 0.0806 e. The van der Waals surface area contributed by atoms with Crippen LogP contribution in [0.3, 0.4) is 0 Å². The number of fused-ring (bicyclic) bond motifs is 1. The van der Waals surface area contributed by atoms with Crippen LogP contribution in [0.15, 0.2) is 24.3 Å². The van der Waals surface area contributed by atoms with Crippen LogP contribution in [0.1, 0.15) is 4.88 Å². The molecule has 0 atom stereocenters. The molecule has 0 saturated heterocycles. The highest BCUT2D eigenvalue weighted by Gasteiger charge is 2.00. The summed E-state index contributed by atoms with van der Waals surface area (Å²) in [7, 11) is 1.71. The highest BCUT2D eigenvalue weighted by molar-refractivity contribution is 7.19. The second-order valence-electron chi connectivity index (χ2n) is 2.94. The third kappa shape index (κ3) is 1.66. The number of thiophene rings is 1. The van der Waals surface area contributed by atoms with Gasteiger partial charge in [-0.25, -0.2) is 0 Å². The number of hydrogen-bond acceptors (Lipinski definition) is 3. The summed E-state index contributed by atoms with van der Waals surface area (Å²) >= 11 is 1.75. The second kappa shape index (κ2) is 3.36. The smallest absolute Gasteiger partial charge is 0.0806 e. The molecule has 68 valence electrons. The average Bonchev–Trinajstić information content (AvgIpc) is 2.46. The highest BCUT2D eigenvalue weighted by Crippen LogP contribution is 2.27. The summed E-state index contributed by atoms with van der Waals surface area (Å²) < 4.78 is 6.33. The third-order valence-corrected chi connectivity index (χ3v) is 2.97. The molecule has 0 saturated carbocycles. The van der Waals surface area contributed by atoms with Gasteiger partial charge in [-0.3, -0.25) is 0 Å². The minimum atomic E-state index is 0.680. The summed E-state index contributed by atoms with van der Waals surface area (Å²) in [6.45, 7) is 0.680. The van der Waals surface area contributed by atoms with E-state index in [1.807, 2.05) is 12.1 Å². The minimum absolute atomic E-state index is 0.680. The van der Waals surface area contributed by atoms with Crippen LogP contribution in [0.5, 0.6) is 0 Å². The van der Waals surface area contributed by atoms with E-state index < -0.39 is 0 Å². The maximum absolute atomic E-state index is 5.68. The standard InChI is InChI=1S/C10H11NOS/c1-12-6-9-5-7-4-8(11)2-3-10(7)13-9/h2-5H,6,11H2,1H3. The van der Waals surface area contributed by atoms with Crippen LogP contribution < -0.4 is 5.73 Å². The normalized spacial score (nSPS) is 10.8. The van der Waals surface area contributed by atoms with Crippen molar-refractivity contribution >= 4 is 27.1 Å². The zero-order chi connectivity index (χ0) is 9.26. The van der Waals surface area contributed by atoms with Gasteiger partial charge in [-0.05, 0) is 29.7 Å². The molecule has 0 radical (unpaired) electrons. The van der Waals surface area contributed by atoms with Crippen molar-refractivity contribution in [2.24, 2.45) is 0 Å². The zero-order valence-electron chi connectivity index (χ0n) is 7.41. The molecule has 2 nitrogen and oxygen atoms in total. The molecular weight excluding hydrogens is 182 g/mol. The van der Waals surface area contributed by atoms with Crippen LogP contribution in [0.4, 0.5) is 5.69 Å². The quantitative estimate of drug-likeness (QED) is 0.744. The Balaban J connectivity index is 2.49. The molecule has 2 aromatic rings. The fraction of sp³-hybridized carbons (Fsp3) is 0.200. The average molecular weight is 193 g/mol. The summed E-state index contributed by atoms with van der Waals surface area (Å²) in [5, 5.41) is 1.21. The Morgan fingerprint density at radius 3 is 3.00 bits per heavy atom. The molecular formula is C10H11NOS. The SMILES string of the molecule is COCc1cc2cc(N)ccc2s1. The van der Waals surface area contributed by atoms with Gasteiger partial charge in [0.1, 0.15) is 0 Å². The van der Waals surface area contributed by atoms with Crippen molar-refractivity contribution in [1.29, 1.82) is 0 Å².